The summed E-state index contributed by atoms with van der Waals surface area (Å²) < 4.78 is 0. The molecule has 0 aromatic heterocycles. The molecule has 0 spiro atoms. The van der Waals surface area contributed by atoms with Crippen molar-refractivity contribution in [3.63, 3.8) is 0 Å². The van der Waals surface area contributed by atoms with Crippen LogP contribution in [0, 0.1) is 5.92 Å². The standard InChI is InChI=1S/C6H12O2.Ba/c1-3-5(4-2)6(7)8;/h5H,3-4H2,1-2H3,(H,7,8);. The van der Waals surface area contributed by atoms with Gasteiger partial charge in [-0.15, -0.1) is 0 Å². The Morgan fingerprint density at radius 3 is 1.78 bits per heavy atom. The summed E-state index contributed by atoms with van der Waals surface area (Å²) in [4.78, 5) is 10.2. The molecule has 2 radical (unpaired) electrons. The summed E-state index contributed by atoms with van der Waals surface area (Å²) in [5, 5.41) is 8.37. The van der Waals surface area contributed by atoms with Gasteiger partial charge in [0.1, 0.15) is 0 Å². The smallest absolute Gasteiger partial charge is 0.306 e. The molecular formula is C6H12BaO2. The Morgan fingerprint density at radius 1 is 1.44 bits per heavy atom. The Hall–Kier alpha value is 1.04. The Kier molecular flexibility index (Phi) is 10.1. The zero-order valence-corrected chi connectivity index (χ0v) is 10.5. The summed E-state index contributed by atoms with van der Waals surface area (Å²) in [6.45, 7) is 3.78. The zero-order chi connectivity index (χ0) is 6.57. The molecule has 0 aliphatic carbocycles. The van der Waals surface area contributed by atoms with E-state index in [2.05, 4.69) is 0 Å². The molecule has 0 saturated carbocycles. The van der Waals surface area contributed by atoms with Crippen LogP contribution in [-0.4, -0.2) is 60.0 Å². The van der Waals surface area contributed by atoms with Crippen molar-refractivity contribution in [1.29, 1.82) is 0 Å². The molecule has 0 aliphatic rings. The summed E-state index contributed by atoms with van der Waals surface area (Å²) in [6, 6.07) is 0. The molecule has 1 N–H and O–H groups in total. The molecule has 0 amide bonds. The maximum atomic E-state index is 10.2. The van der Waals surface area contributed by atoms with Crippen LogP contribution in [0.1, 0.15) is 26.7 Å². The largest absolute Gasteiger partial charge is 0.481 e. The number of carboxylic acid groups (broad SMARTS) is 1. The minimum Gasteiger partial charge on any atom is -0.481 e. The van der Waals surface area contributed by atoms with Crippen LogP contribution in [0.2, 0.25) is 0 Å². The van der Waals surface area contributed by atoms with Gasteiger partial charge in [0.05, 0.1) is 5.92 Å². The molecule has 0 aliphatic heterocycles. The molecule has 9 heavy (non-hydrogen) atoms. The van der Waals surface area contributed by atoms with Crippen LogP contribution in [0.5, 0.6) is 0 Å². The molecule has 0 rings (SSSR count). The van der Waals surface area contributed by atoms with Crippen LogP contribution >= 0.6 is 0 Å². The van der Waals surface area contributed by atoms with E-state index in [1.807, 2.05) is 13.8 Å². The molecule has 3 heteroatoms. The Balaban J connectivity index is 0. The van der Waals surface area contributed by atoms with E-state index in [1.54, 1.807) is 0 Å². The fraction of sp³-hybridized carbons (Fsp3) is 0.833. The maximum absolute atomic E-state index is 10.2. The van der Waals surface area contributed by atoms with Gasteiger partial charge in [-0.3, -0.25) is 4.79 Å². The quantitative estimate of drug-likeness (QED) is 0.766. The van der Waals surface area contributed by atoms with Crippen molar-refractivity contribution >= 4 is 54.9 Å². The number of hydrogen-bond acceptors (Lipinski definition) is 1. The molecule has 0 unspecified atom stereocenters. The van der Waals surface area contributed by atoms with E-state index in [9.17, 15) is 4.79 Å². The SMILES string of the molecule is CCC(CC)C(=O)O.[Ba]. The van der Waals surface area contributed by atoms with Gasteiger partial charge in [-0.2, -0.15) is 0 Å². The third-order valence-corrected chi connectivity index (χ3v) is 1.33. The summed E-state index contributed by atoms with van der Waals surface area (Å²) in [7, 11) is 0. The normalized spacial score (nSPS) is 8.78. The molecular weight excluding hydrogens is 241 g/mol. The van der Waals surface area contributed by atoms with E-state index in [0.29, 0.717) is 0 Å². The van der Waals surface area contributed by atoms with Crippen molar-refractivity contribution in [2.45, 2.75) is 26.7 Å². The van der Waals surface area contributed by atoms with Gasteiger partial charge in [0, 0.05) is 48.9 Å². The number of carboxylic acids is 1. The van der Waals surface area contributed by atoms with Crippen LogP contribution < -0.4 is 0 Å². The first-order valence-corrected chi connectivity index (χ1v) is 2.95. The number of rotatable bonds is 3. The second-order valence-electron chi connectivity index (χ2n) is 1.85. The van der Waals surface area contributed by atoms with Gasteiger partial charge in [0.2, 0.25) is 0 Å². The molecule has 2 nitrogen and oxygen atoms in total. The first kappa shape index (κ1) is 12.7. The van der Waals surface area contributed by atoms with Gasteiger partial charge in [-0.25, -0.2) is 0 Å². The van der Waals surface area contributed by atoms with Crippen LogP contribution in [0.15, 0.2) is 0 Å². The summed E-state index contributed by atoms with van der Waals surface area (Å²) in [6.07, 6.45) is 1.48. The number of hydrogen-bond donors (Lipinski definition) is 1. The van der Waals surface area contributed by atoms with Crippen LogP contribution in [-0.2, 0) is 4.79 Å². The van der Waals surface area contributed by atoms with E-state index in [4.69, 9.17) is 5.11 Å². The third kappa shape index (κ3) is 5.48. The second-order valence-corrected chi connectivity index (χ2v) is 1.85. The number of aliphatic carboxylic acids is 1. The average Bonchev–Trinajstić information content (AvgIpc) is 1.69. The fourth-order valence-corrected chi connectivity index (χ4v) is 0.638. The predicted molar refractivity (Wildman–Crippen MR) is 37.5 cm³/mol. The molecule has 0 aromatic rings. The van der Waals surface area contributed by atoms with Crippen molar-refractivity contribution in [3.05, 3.63) is 0 Å². The fourth-order valence-electron chi connectivity index (χ4n) is 0.638. The monoisotopic (exact) mass is 254 g/mol. The van der Waals surface area contributed by atoms with Gasteiger partial charge in [-0.1, -0.05) is 13.8 Å². The molecule has 0 fully saturated rings. The third-order valence-electron chi connectivity index (χ3n) is 1.33. The minimum atomic E-state index is -0.671. The van der Waals surface area contributed by atoms with Gasteiger partial charge >= 0.3 is 5.97 Å². The topological polar surface area (TPSA) is 37.3 Å². The van der Waals surface area contributed by atoms with Crippen molar-refractivity contribution in [1.82, 2.24) is 0 Å². The molecule has 0 atom stereocenters. The second kappa shape index (κ2) is 7.15. The minimum absolute atomic E-state index is 0. The Morgan fingerprint density at radius 2 is 1.78 bits per heavy atom. The molecule has 0 bridgehead atoms. The van der Waals surface area contributed by atoms with E-state index in [-0.39, 0.29) is 54.8 Å². The first-order valence-electron chi connectivity index (χ1n) is 2.95. The van der Waals surface area contributed by atoms with Crippen molar-refractivity contribution in [2.75, 3.05) is 0 Å². The summed E-state index contributed by atoms with van der Waals surface area (Å²) in [5.41, 5.74) is 0. The summed E-state index contributed by atoms with van der Waals surface area (Å²) >= 11 is 0. The Bertz CT molecular complexity index is 79.1. The van der Waals surface area contributed by atoms with E-state index >= 15 is 0 Å². The molecule has 0 aromatic carbocycles. The molecule has 50 valence electrons. The predicted octanol–water partition coefficient (Wildman–Crippen LogP) is 1.13. The van der Waals surface area contributed by atoms with Gasteiger partial charge in [0.15, 0.2) is 0 Å². The molecule has 0 saturated heterocycles. The molecule has 0 heterocycles. The van der Waals surface area contributed by atoms with Gasteiger partial charge < -0.3 is 5.11 Å². The van der Waals surface area contributed by atoms with Gasteiger partial charge in [0.25, 0.3) is 0 Å². The van der Waals surface area contributed by atoms with Crippen LogP contribution in [0.3, 0.4) is 0 Å². The van der Waals surface area contributed by atoms with Crippen molar-refractivity contribution in [3.8, 4) is 0 Å². The first-order chi connectivity index (χ1) is 3.72. The average molecular weight is 253 g/mol. The van der Waals surface area contributed by atoms with Crippen LogP contribution in [0.25, 0.3) is 0 Å². The number of carbonyl (C=O) groups is 1. The zero-order valence-electron chi connectivity index (χ0n) is 6.05. The van der Waals surface area contributed by atoms with Gasteiger partial charge in [-0.05, 0) is 12.8 Å². The Labute approximate surface area is 96.1 Å². The maximum Gasteiger partial charge on any atom is 0.306 e. The summed E-state index contributed by atoms with van der Waals surface area (Å²) in [5.74, 6) is -0.801. The van der Waals surface area contributed by atoms with E-state index in [1.165, 1.54) is 0 Å². The van der Waals surface area contributed by atoms with Crippen molar-refractivity contribution in [2.24, 2.45) is 5.92 Å². The van der Waals surface area contributed by atoms with E-state index in [0.717, 1.165) is 12.8 Å². The van der Waals surface area contributed by atoms with Crippen molar-refractivity contribution < 1.29 is 9.90 Å². The van der Waals surface area contributed by atoms with E-state index < -0.39 is 5.97 Å². The van der Waals surface area contributed by atoms with Crippen LogP contribution in [0.4, 0.5) is 0 Å².